The molecule has 0 aliphatic rings. The molecule has 0 N–H and O–H groups in total. The Morgan fingerprint density at radius 3 is 2.67 bits per heavy atom. The highest BCUT2D eigenvalue weighted by Gasteiger charge is 2.06. The molecule has 24 heavy (non-hydrogen) atoms. The number of pyridine rings is 1. The van der Waals surface area contributed by atoms with Crippen molar-refractivity contribution in [3.63, 3.8) is 0 Å². The maximum absolute atomic E-state index is 4.78. The lowest BCUT2D eigenvalue weighted by molar-refractivity contribution is 0.856. The monoisotopic (exact) mass is 313 g/mol. The van der Waals surface area contributed by atoms with Crippen LogP contribution in [0, 0.1) is 6.92 Å². The van der Waals surface area contributed by atoms with Crippen molar-refractivity contribution in [2.45, 2.75) is 20.3 Å². The van der Waals surface area contributed by atoms with Gasteiger partial charge in [-0.05, 0) is 49.2 Å². The number of aryl methyl sites for hydroxylation is 2. The van der Waals surface area contributed by atoms with Crippen LogP contribution in [-0.4, -0.2) is 14.8 Å². The van der Waals surface area contributed by atoms with Crippen molar-refractivity contribution in [1.29, 1.82) is 0 Å². The van der Waals surface area contributed by atoms with Crippen LogP contribution in [0.1, 0.15) is 18.1 Å². The molecule has 0 aliphatic heterocycles. The van der Waals surface area contributed by atoms with Crippen molar-refractivity contribution in [3.05, 3.63) is 78.0 Å². The van der Waals surface area contributed by atoms with Crippen molar-refractivity contribution >= 4 is 10.9 Å². The molecule has 3 heteroatoms. The molecule has 0 amide bonds. The van der Waals surface area contributed by atoms with E-state index in [4.69, 9.17) is 10.1 Å². The predicted molar refractivity (Wildman–Crippen MR) is 98.4 cm³/mol. The maximum atomic E-state index is 4.78. The summed E-state index contributed by atoms with van der Waals surface area (Å²) in [5.74, 6) is 0.842. The molecule has 2 heterocycles. The van der Waals surface area contributed by atoms with Crippen molar-refractivity contribution in [2.75, 3.05) is 0 Å². The lowest BCUT2D eigenvalue weighted by Crippen LogP contribution is -1.98. The quantitative estimate of drug-likeness (QED) is 0.535. The van der Waals surface area contributed by atoms with Gasteiger partial charge in [0.1, 0.15) is 0 Å². The molecule has 0 bridgehead atoms. The summed E-state index contributed by atoms with van der Waals surface area (Å²) in [5.41, 5.74) is 5.64. The Bertz CT molecular complexity index is 1010. The third-order valence-electron chi connectivity index (χ3n) is 4.29. The van der Waals surface area contributed by atoms with E-state index in [-0.39, 0.29) is 0 Å². The van der Waals surface area contributed by atoms with Gasteiger partial charge in [-0.2, -0.15) is 5.10 Å². The largest absolute Gasteiger partial charge is 0.229 e. The molecule has 0 unspecified atom stereocenters. The number of aromatic nitrogens is 3. The Labute approximate surface area is 141 Å². The van der Waals surface area contributed by atoms with Gasteiger partial charge in [0.15, 0.2) is 5.82 Å². The molecule has 0 saturated heterocycles. The summed E-state index contributed by atoms with van der Waals surface area (Å²) in [6, 6.07) is 21.0. The highest BCUT2D eigenvalue weighted by Crippen LogP contribution is 2.21. The molecule has 118 valence electrons. The average molecular weight is 313 g/mol. The lowest BCUT2D eigenvalue weighted by Gasteiger charge is -2.05. The van der Waals surface area contributed by atoms with E-state index in [0.29, 0.717) is 0 Å². The standard InChI is InChI=1S/C21H19N3/c1-3-16-7-8-17-9-10-21(22-20(17)14-16)24-12-11-19(23-24)18-6-4-5-15(2)13-18/h4-14H,3H2,1-2H3. The molecule has 0 fully saturated rings. The van der Waals surface area contributed by atoms with Gasteiger partial charge in [0.05, 0.1) is 11.2 Å². The van der Waals surface area contributed by atoms with E-state index in [1.54, 1.807) is 0 Å². The second-order valence-electron chi connectivity index (χ2n) is 6.07. The zero-order valence-electron chi connectivity index (χ0n) is 13.9. The zero-order chi connectivity index (χ0) is 16.5. The fourth-order valence-electron chi connectivity index (χ4n) is 2.91. The minimum Gasteiger partial charge on any atom is -0.229 e. The highest BCUT2D eigenvalue weighted by molar-refractivity contribution is 5.80. The third-order valence-corrected chi connectivity index (χ3v) is 4.29. The topological polar surface area (TPSA) is 30.7 Å². The van der Waals surface area contributed by atoms with Gasteiger partial charge < -0.3 is 0 Å². The molecule has 0 saturated carbocycles. The van der Waals surface area contributed by atoms with Crippen LogP contribution in [0.2, 0.25) is 0 Å². The van der Waals surface area contributed by atoms with E-state index < -0.39 is 0 Å². The second kappa shape index (κ2) is 5.93. The van der Waals surface area contributed by atoms with Gasteiger partial charge in [0.25, 0.3) is 0 Å². The summed E-state index contributed by atoms with van der Waals surface area (Å²) < 4.78 is 1.84. The van der Waals surface area contributed by atoms with Crippen LogP contribution >= 0.6 is 0 Å². The Hall–Kier alpha value is -2.94. The third kappa shape index (κ3) is 2.69. The van der Waals surface area contributed by atoms with Crippen LogP contribution < -0.4 is 0 Å². The van der Waals surface area contributed by atoms with E-state index in [2.05, 4.69) is 62.4 Å². The van der Waals surface area contributed by atoms with Crippen molar-refractivity contribution < 1.29 is 0 Å². The summed E-state index contributed by atoms with van der Waals surface area (Å²) in [7, 11) is 0. The van der Waals surface area contributed by atoms with Gasteiger partial charge in [-0.15, -0.1) is 0 Å². The number of benzene rings is 2. The van der Waals surface area contributed by atoms with Gasteiger partial charge in [0.2, 0.25) is 0 Å². The molecule has 3 nitrogen and oxygen atoms in total. The van der Waals surface area contributed by atoms with Gasteiger partial charge in [-0.3, -0.25) is 0 Å². The van der Waals surface area contributed by atoms with E-state index >= 15 is 0 Å². The van der Waals surface area contributed by atoms with Crippen LogP contribution in [0.15, 0.2) is 66.9 Å². The molecular weight excluding hydrogens is 294 g/mol. The highest BCUT2D eigenvalue weighted by atomic mass is 15.3. The number of rotatable bonds is 3. The Kier molecular flexibility index (Phi) is 3.62. The van der Waals surface area contributed by atoms with Crippen LogP contribution in [0.4, 0.5) is 0 Å². The molecule has 0 atom stereocenters. The first-order valence-electron chi connectivity index (χ1n) is 8.26. The Morgan fingerprint density at radius 2 is 1.83 bits per heavy atom. The van der Waals surface area contributed by atoms with Crippen molar-refractivity contribution in [1.82, 2.24) is 14.8 Å². The Morgan fingerprint density at radius 1 is 0.958 bits per heavy atom. The van der Waals surface area contributed by atoms with Crippen molar-refractivity contribution in [2.24, 2.45) is 0 Å². The maximum Gasteiger partial charge on any atom is 0.154 e. The van der Waals surface area contributed by atoms with Gasteiger partial charge in [-0.1, -0.05) is 42.8 Å². The first-order valence-corrected chi connectivity index (χ1v) is 8.26. The summed E-state index contributed by atoms with van der Waals surface area (Å²) in [6.45, 7) is 4.25. The SMILES string of the molecule is CCc1ccc2ccc(-n3ccc(-c4cccc(C)c4)n3)nc2c1. The summed E-state index contributed by atoms with van der Waals surface area (Å²) >= 11 is 0. The lowest BCUT2D eigenvalue weighted by atomic mass is 10.1. The molecule has 0 spiro atoms. The van der Waals surface area contributed by atoms with Gasteiger partial charge in [-0.25, -0.2) is 9.67 Å². The predicted octanol–water partition coefficient (Wildman–Crippen LogP) is 4.96. The number of hydrogen-bond acceptors (Lipinski definition) is 2. The van der Waals surface area contributed by atoms with Gasteiger partial charge in [0, 0.05) is 17.1 Å². The minimum absolute atomic E-state index is 0.842. The van der Waals surface area contributed by atoms with Crippen LogP contribution in [0.5, 0.6) is 0 Å². The fourth-order valence-corrected chi connectivity index (χ4v) is 2.91. The molecule has 0 aliphatic carbocycles. The van der Waals surface area contributed by atoms with Crippen LogP contribution in [0.3, 0.4) is 0 Å². The summed E-state index contributed by atoms with van der Waals surface area (Å²) in [5, 5.41) is 5.85. The molecule has 4 rings (SSSR count). The number of fused-ring (bicyclic) bond motifs is 1. The van der Waals surface area contributed by atoms with E-state index in [0.717, 1.165) is 34.4 Å². The average Bonchev–Trinajstić information content (AvgIpc) is 3.11. The van der Waals surface area contributed by atoms with Crippen molar-refractivity contribution in [3.8, 4) is 17.1 Å². The second-order valence-corrected chi connectivity index (χ2v) is 6.07. The van der Waals surface area contributed by atoms with E-state index in [1.807, 2.05) is 23.0 Å². The fraction of sp³-hybridized carbons (Fsp3) is 0.143. The minimum atomic E-state index is 0.842. The summed E-state index contributed by atoms with van der Waals surface area (Å²) in [6.07, 6.45) is 2.98. The van der Waals surface area contributed by atoms with E-state index in [1.165, 1.54) is 11.1 Å². The number of hydrogen-bond donors (Lipinski definition) is 0. The van der Waals surface area contributed by atoms with Crippen LogP contribution in [0.25, 0.3) is 28.0 Å². The molecule has 0 radical (unpaired) electrons. The molecule has 4 aromatic rings. The Balaban J connectivity index is 1.75. The number of nitrogens with zero attached hydrogens (tertiary/aromatic N) is 3. The smallest absolute Gasteiger partial charge is 0.154 e. The first kappa shape index (κ1) is 14.6. The first-order chi connectivity index (χ1) is 11.7. The molecule has 2 aromatic carbocycles. The van der Waals surface area contributed by atoms with E-state index in [9.17, 15) is 0 Å². The summed E-state index contributed by atoms with van der Waals surface area (Å²) in [4.78, 5) is 4.78. The zero-order valence-corrected chi connectivity index (χ0v) is 13.9. The molecule has 2 aromatic heterocycles. The van der Waals surface area contributed by atoms with Gasteiger partial charge >= 0.3 is 0 Å². The normalized spacial score (nSPS) is 11.1. The van der Waals surface area contributed by atoms with Crippen LogP contribution in [-0.2, 0) is 6.42 Å². The molecular formula is C21H19N3.